The highest BCUT2D eigenvalue weighted by Crippen LogP contribution is 2.41. The van der Waals surface area contributed by atoms with Gasteiger partial charge in [-0.25, -0.2) is 0 Å². The molecular weight excluding hydrogens is 430 g/mol. The van der Waals surface area contributed by atoms with E-state index in [4.69, 9.17) is 21.3 Å². The summed E-state index contributed by atoms with van der Waals surface area (Å²) in [4.78, 5) is 30.0. The first-order valence-electron chi connectivity index (χ1n) is 10.5. The Kier molecular flexibility index (Phi) is 6.34. The molecule has 2 heterocycles. The molecule has 2 amide bonds. The number of carbonyl (C=O) groups is 2. The lowest BCUT2D eigenvalue weighted by Crippen LogP contribution is -2.56. The molecule has 0 aromatic heterocycles. The summed E-state index contributed by atoms with van der Waals surface area (Å²) >= 11 is 6.13. The molecule has 168 valence electrons. The van der Waals surface area contributed by atoms with Crippen molar-refractivity contribution in [1.82, 2.24) is 10.6 Å². The number of fused-ring (bicyclic) bond motifs is 1. The van der Waals surface area contributed by atoms with Gasteiger partial charge in [-0.2, -0.15) is 0 Å². The molecule has 2 aromatic carbocycles. The Hall–Kier alpha value is -3.10. The number of carbonyl (C=O) groups excluding carboxylic acids is 2. The van der Waals surface area contributed by atoms with Crippen LogP contribution in [-0.2, 0) is 11.3 Å². The van der Waals surface area contributed by atoms with E-state index in [9.17, 15) is 9.59 Å². The zero-order valence-electron chi connectivity index (χ0n) is 18.0. The van der Waals surface area contributed by atoms with Crippen molar-refractivity contribution in [3.05, 3.63) is 58.1 Å². The molecular formula is C23H26ClN5O3. The maximum Gasteiger partial charge on any atom is 0.253 e. The number of nitrogens with one attached hydrogen (secondary N) is 4. The van der Waals surface area contributed by atoms with E-state index in [0.29, 0.717) is 66.0 Å². The molecule has 2 aliphatic rings. The monoisotopic (exact) mass is 455 g/mol. The van der Waals surface area contributed by atoms with Gasteiger partial charge < -0.3 is 26.0 Å². The molecule has 8 nitrogen and oxygen atoms in total. The van der Waals surface area contributed by atoms with Gasteiger partial charge in [-0.15, -0.1) is 0 Å². The van der Waals surface area contributed by atoms with Crippen LogP contribution in [0.4, 0.5) is 11.4 Å². The Labute approximate surface area is 191 Å². The molecule has 0 atom stereocenters. The first kappa shape index (κ1) is 22.1. The van der Waals surface area contributed by atoms with Gasteiger partial charge in [0, 0.05) is 45.2 Å². The first-order chi connectivity index (χ1) is 15.5. The summed E-state index contributed by atoms with van der Waals surface area (Å²) in [5.74, 6) is 0.226. The standard InChI is InChI=1S/C23H26ClN5O3/c1-25-20(30)16-6-7-17(21(31)26-2)19-18(16)28-22(23(29-19)8-10-32-11-9-23)27-13-14-4-3-5-15(24)12-14/h3-7,12,29H,8-11,13H2,1-2H3,(H,25,30)(H,26,31)(H,27,28). The molecule has 32 heavy (non-hydrogen) atoms. The van der Waals surface area contributed by atoms with E-state index in [2.05, 4.69) is 21.3 Å². The quantitative estimate of drug-likeness (QED) is 0.567. The zero-order chi connectivity index (χ0) is 22.7. The van der Waals surface area contributed by atoms with E-state index >= 15 is 0 Å². The van der Waals surface area contributed by atoms with Crippen molar-refractivity contribution in [3.63, 3.8) is 0 Å². The number of anilines is 2. The Bertz CT molecular complexity index is 1080. The van der Waals surface area contributed by atoms with Gasteiger partial charge in [-0.1, -0.05) is 23.7 Å². The average Bonchev–Trinajstić information content (AvgIpc) is 2.81. The van der Waals surface area contributed by atoms with Crippen molar-refractivity contribution < 1.29 is 14.3 Å². The summed E-state index contributed by atoms with van der Waals surface area (Å²) in [6.45, 7) is 1.54. The summed E-state index contributed by atoms with van der Waals surface area (Å²) in [5.41, 5.74) is 2.46. The lowest BCUT2D eigenvalue weighted by atomic mass is 9.84. The average molecular weight is 456 g/mol. The number of benzene rings is 2. The van der Waals surface area contributed by atoms with E-state index in [-0.39, 0.29) is 11.8 Å². The van der Waals surface area contributed by atoms with Crippen LogP contribution in [0.3, 0.4) is 0 Å². The molecule has 1 fully saturated rings. The fraction of sp³-hybridized carbons (Fsp3) is 0.348. The fourth-order valence-electron chi connectivity index (χ4n) is 4.12. The predicted molar refractivity (Wildman–Crippen MR) is 126 cm³/mol. The van der Waals surface area contributed by atoms with Gasteiger partial charge in [0.1, 0.15) is 5.84 Å². The lowest BCUT2D eigenvalue weighted by molar-refractivity contribution is 0.0777. The van der Waals surface area contributed by atoms with Crippen molar-refractivity contribution >= 4 is 40.6 Å². The summed E-state index contributed by atoms with van der Waals surface area (Å²) in [5, 5.41) is 13.0. The molecule has 0 unspecified atom stereocenters. The number of nitrogens with zero attached hydrogens (tertiary/aromatic N) is 1. The Morgan fingerprint density at radius 3 is 2.34 bits per heavy atom. The third-order valence-corrected chi connectivity index (χ3v) is 6.10. The van der Waals surface area contributed by atoms with Crippen LogP contribution >= 0.6 is 11.6 Å². The molecule has 2 aromatic rings. The minimum absolute atomic E-state index is 0.236. The number of halogens is 1. The number of ether oxygens (including phenoxy) is 1. The molecule has 2 aliphatic heterocycles. The highest BCUT2D eigenvalue weighted by molar-refractivity contribution is 6.30. The van der Waals surface area contributed by atoms with Gasteiger partial charge in [0.25, 0.3) is 11.8 Å². The van der Waals surface area contributed by atoms with Crippen molar-refractivity contribution in [2.75, 3.05) is 37.9 Å². The van der Waals surface area contributed by atoms with Crippen LogP contribution in [-0.4, -0.2) is 50.5 Å². The second kappa shape index (κ2) is 9.18. The third-order valence-electron chi connectivity index (χ3n) is 5.86. The summed E-state index contributed by atoms with van der Waals surface area (Å²) in [7, 11) is 3.16. The molecule has 4 N–H and O–H groups in total. The number of amides is 2. The number of hydrogen-bond acceptors (Lipinski definition) is 5. The van der Waals surface area contributed by atoms with Gasteiger partial charge in [0.05, 0.1) is 34.6 Å². The number of aliphatic imine (C=N–C) groups is 1. The molecule has 0 bridgehead atoms. The van der Waals surface area contributed by atoms with E-state index < -0.39 is 5.54 Å². The molecule has 1 saturated heterocycles. The van der Waals surface area contributed by atoms with E-state index in [1.54, 1.807) is 26.2 Å². The van der Waals surface area contributed by atoms with Crippen LogP contribution < -0.4 is 21.3 Å². The molecule has 0 radical (unpaired) electrons. The van der Waals surface area contributed by atoms with E-state index in [1.165, 1.54) is 0 Å². The molecule has 0 aliphatic carbocycles. The Morgan fingerprint density at radius 1 is 1.06 bits per heavy atom. The second-order valence-corrected chi connectivity index (χ2v) is 8.24. The molecule has 4 rings (SSSR count). The van der Waals surface area contributed by atoms with Crippen LogP contribution in [0.25, 0.3) is 0 Å². The normalized spacial score (nSPS) is 17.8. The number of amidine groups is 1. The minimum Gasteiger partial charge on any atom is -0.381 e. The lowest BCUT2D eigenvalue weighted by Gasteiger charge is -2.44. The largest absolute Gasteiger partial charge is 0.381 e. The van der Waals surface area contributed by atoms with Gasteiger partial charge in [0.2, 0.25) is 0 Å². The first-order valence-corrected chi connectivity index (χ1v) is 10.9. The van der Waals surface area contributed by atoms with Crippen LogP contribution in [0, 0.1) is 0 Å². The van der Waals surface area contributed by atoms with Gasteiger partial charge >= 0.3 is 0 Å². The Balaban J connectivity index is 1.82. The fourth-order valence-corrected chi connectivity index (χ4v) is 4.34. The smallest absolute Gasteiger partial charge is 0.253 e. The van der Waals surface area contributed by atoms with Crippen LogP contribution in [0.15, 0.2) is 41.4 Å². The van der Waals surface area contributed by atoms with Crippen LogP contribution in [0.1, 0.15) is 39.1 Å². The zero-order valence-corrected chi connectivity index (χ0v) is 18.8. The SMILES string of the molecule is CNC(=O)c1ccc(C(=O)NC)c2c1NC(=NCc1cccc(Cl)c1)C1(CCOCC1)N2. The van der Waals surface area contributed by atoms with E-state index in [0.717, 1.165) is 5.56 Å². The molecule has 0 saturated carbocycles. The second-order valence-electron chi connectivity index (χ2n) is 7.81. The minimum atomic E-state index is -0.534. The van der Waals surface area contributed by atoms with Gasteiger partial charge in [-0.05, 0) is 29.8 Å². The maximum atomic E-state index is 12.6. The molecule has 9 heteroatoms. The highest BCUT2D eigenvalue weighted by Gasteiger charge is 2.43. The van der Waals surface area contributed by atoms with Crippen molar-refractivity contribution in [2.45, 2.75) is 24.9 Å². The van der Waals surface area contributed by atoms with Gasteiger partial charge in [-0.3, -0.25) is 14.6 Å². The summed E-state index contributed by atoms with van der Waals surface area (Å²) in [6, 6.07) is 10.9. The van der Waals surface area contributed by atoms with Gasteiger partial charge in [0.15, 0.2) is 0 Å². The van der Waals surface area contributed by atoms with Crippen molar-refractivity contribution in [1.29, 1.82) is 0 Å². The van der Waals surface area contributed by atoms with E-state index in [1.807, 2.05) is 24.3 Å². The third kappa shape index (κ3) is 4.16. The summed E-state index contributed by atoms with van der Waals surface area (Å²) < 4.78 is 5.61. The topological polar surface area (TPSA) is 104 Å². The summed E-state index contributed by atoms with van der Waals surface area (Å²) in [6.07, 6.45) is 1.34. The number of hydrogen-bond donors (Lipinski definition) is 4. The van der Waals surface area contributed by atoms with Crippen LogP contribution in [0.5, 0.6) is 0 Å². The number of rotatable bonds is 4. The highest BCUT2D eigenvalue weighted by atomic mass is 35.5. The van der Waals surface area contributed by atoms with Crippen molar-refractivity contribution in [2.24, 2.45) is 4.99 Å². The predicted octanol–water partition coefficient (Wildman–Crippen LogP) is 3.04. The van der Waals surface area contributed by atoms with Crippen LogP contribution in [0.2, 0.25) is 5.02 Å². The Morgan fingerprint density at radius 2 is 1.72 bits per heavy atom. The molecule has 1 spiro atoms. The van der Waals surface area contributed by atoms with Crippen molar-refractivity contribution in [3.8, 4) is 0 Å². The maximum absolute atomic E-state index is 12.6.